The van der Waals surface area contributed by atoms with Gasteiger partial charge in [-0.15, -0.1) is 0 Å². The second-order valence-electron chi connectivity index (χ2n) is 8.99. The fraction of sp³-hybridized carbons (Fsp3) is 0.296. The minimum absolute atomic E-state index is 0.131. The van der Waals surface area contributed by atoms with Gasteiger partial charge in [0, 0.05) is 37.0 Å². The van der Waals surface area contributed by atoms with Crippen LogP contribution in [0.2, 0.25) is 0 Å². The summed E-state index contributed by atoms with van der Waals surface area (Å²) in [6.45, 7) is 3.48. The number of hydrogen-bond donors (Lipinski definition) is 0. The lowest BCUT2D eigenvalue weighted by atomic mass is 10.1. The van der Waals surface area contributed by atoms with Gasteiger partial charge in [-0.25, -0.2) is 13.1 Å². The van der Waals surface area contributed by atoms with Crippen LogP contribution in [0.5, 0.6) is 0 Å². The molecule has 3 aromatic rings. The third-order valence-electron chi connectivity index (χ3n) is 6.55. The van der Waals surface area contributed by atoms with Crippen LogP contribution in [0, 0.1) is 0 Å². The minimum Gasteiger partial charge on any atom is -0.293 e. The molecule has 2 aromatic carbocycles. The van der Waals surface area contributed by atoms with E-state index in [1.807, 2.05) is 49.5 Å². The van der Waals surface area contributed by atoms with Crippen molar-refractivity contribution in [3.8, 4) is 16.9 Å². The van der Waals surface area contributed by atoms with Gasteiger partial charge >= 0.3 is 0 Å². The Bertz CT molecular complexity index is 1460. The lowest BCUT2D eigenvalue weighted by Gasteiger charge is -2.20. The number of likely N-dealkylation sites (N-methyl/N-ethyl adjacent to an activating group) is 1. The summed E-state index contributed by atoms with van der Waals surface area (Å²) in [6, 6.07) is 16.6. The van der Waals surface area contributed by atoms with E-state index >= 15 is 0 Å². The van der Waals surface area contributed by atoms with Crippen LogP contribution in [0.3, 0.4) is 0 Å². The molecule has 192 valence electrons. The molecule has 2 aliphatic heterocycles. The first-order valence-electron chi connectivity index (χ1n) is 12.4. The Balaban J connectivity index is 1.59. The van der Waals surface area contributed by atoms with Crippen molar-refractivity contribution in [3.05, 3.63) is 71.3 Å². The third-order valence-corrected chi connectivity index (χ3v) is 9.82. The molecular formula is C27H28N4O3S3. The fourth-order valence-corrected chi connectivity index (χ4v) is 7.52. The van der Waals surface area contributed by atoms with E-state index in [4.69, 9.17) is 17.3 Å². The molecule has 2 saturated heterocycles. The standard InChI is InChI=1S/C27H28N4O3S3/c1-2-30-26(32)24(36-27(30)35)18-21-19-31(22-12-6-5-7-13-22)28-25(21)20-11-10-14-23(17-20)37(33,34)29-15-8-3-4-9-16-29/h5-7,10-14,17-19H,2-4,8-9,15-16H2,1H3/b24-18-. The molecule has 1 amide bonds. The maximum Gasteiger partial charge on any atom is 0.266 e. The molecule has 0 N–H and O–H groups in total. The van der Waals surface area contributed by atoms with Gasteiger partial charge in [0.2, 0.25) is 10.0 Å². The van der Waals surface area contributed by atoms with Gasteiger partial charge in [-0.2, -0.15) is 9.40 Å². The summed E-state index contributed by atoms with van der Waals surface area (Å²) in [4.78, 5) is 15.2. The molecule has 0 saturated carbocycles. The van der Waals surface area contributed by atoms with E-state index < -0.39 is 10.0 Å². The van der Waals surface area contributed by atoms with E-state index in [0.29, 0.717) is 45.7 Å². The van der Waals surface area contributed by atoms with Gasteiger partial charge in [0.1, 0.15) is 10.0 Å². The van der Waals surface area contributed by atoms with Crippen LogP contribution in [0.4, 0.5) is 0 Å². The SMILES string of the molecule is CCN1C(=O)/C(=C/c2cn(-c3ccccc3)nc2-c2cccc(S(=O)(=O)N3CCCCCC3)c2)SC1=S. The number of thioether (sulfide) groups is 1. The summed E-state index contributed by atoms with van der Waals surface area (Å²) >= 11 is 6.65. The number of sulfonamides is 1. The van der Waals surface area contributed by atoms with Crippen molar-refractivity contribution in [2.24, 2.45) is 0 Å². The quantitative estimate of drug-likeness (QED) is 0.304. The van der Waals surface area contributed by atoms with Crippen LogP contribution in [0.25, 0.3) is 23.0 Å². The second-order valence-corrected chi connectivity index (χ2v) is 12.6. The van der Waals surface area contributed by atoms with Crippen molar-refractivity contribution in [3.63, 3.8) is 0 Å². The number of rotatable bonds is 6. The van der Waals surface area contributed by atoms with Crippen LogP contribution in [-0.2, 0) is 14.8 Å². The Kier molecular flexibility index (Phi) is 7.62. The average Bonchev–Trinajstić information content (AvgIpc) is 3.30. The van der Waals surface area contributed by atoms with E-state index in [1.165, 1.54) is 11.8 Å². The summed E-state index contributed by atoms with van der Waals surface area (Å²) in [5.74, 6) is -0.131. The Morgan fingerprint density at radius 2 is 1.76 bits per heavy atom. The molecule has 2 fully saturated rings. The van der Waals surface area contributed by atoms with Crippen molar-refractivity contribution in [2.75, 3.05) is 19.6 Å². The summed E-state index contributed by atoms with van der Waals surface area (Å²) in [6.07, 6.45) is 7.51. The number of para-hydroxylation sites is 1. The van der Waals surface area contributed by atoms with Crippen molar-refractivity contribution < 1.29 is 13.2 Å². The topological polar surface area (TPSA) is 75.5 Å². The van der Waals surface area contributed by atoms with E-state index in [0.717, 1.165) is 31.4 Å². The molecule has 2 aliphatic rings. The Hall–Kier alpha value is -2.79. The number of carbonyl (C=O) groups is 1. The largest absolute Gasteiger partial charge is 0.293 e. The van der Waals surface area contributed by atoms with Gasteiger partial charge in [-0.3, -0.25) is 9.69 Å². The van der Waals surface area contributed by atoms with Gasteiger partial charge in [0.15, 0.2) is 0 Å². The lowest BCUT2D eigenvalue weighted by molar-refractivity contribution is -0.121. The van der Waals surface area contributed by atoms with E-state index in [2.05, 4.69) is 0 Å². The summed E-state index contributed by atoms with van der Waals surface area (Å²) in [7, 11) is -3.62. The van der Waals surface area contributed by atoms with E-state index in [-0.39, 0.29) is 10.8 Å². The van der Waals surface area contributed by atoms with Crippen LogP contribution >= 0.6 is 24.0 Å². The predicted octanol–water partition coefficient (Wildman–Crippen LogP) is 5.33. The molecule has 0 aliphatic carbocycles. The van der Waals surface area contributed by atoms with Crippen LogP contribution < -0.4 is 0 Å². The van der Waals surface area contributed by atoms with Gasteiger partial charge in [-0.1, -0.05) is 67.2 Å². The molecule has 37 heavy (non-hydrogen) atoms. The molecular weight excluding hydrogens is 525 g/mol. The first-order chi connectivity index (χ1) is 17.9. The molecule has 1 aromatic heterocycles. The molecule has 7 nitrogen and oxygen atoms in total. The highest BCUT2D eigenvalue weighted by Crippen LogP contribution is 2.35. The van der Waals surface area contributed by atoms with Crippen LogP contribution in [0.15, 0.2) is 70.6 Å². The van der Waals surface area contributed by atoms with Crippen molar-refractivity contribution in [1.82, 2.24) is 19.0 Å². The lowest BCUT2D eigenvalue weighted by Crippen LogP contribution is -2.31. The zero-order chi connectivity index (χ0) is 26.0. The van der Waals surface area contributed by atoms with Gasteiger partial charge in [0.05, 0.1) is 15.5 Å². The molecule has 3 heterocycles. The molecule has 0 unspecified atom stereocenters. The van der Waals surface area contributed by atoms with Crippen molar-refractivity contribution in [1.29, 1.82) is 0 Å². The zero-order valence-electron chi connectivity index (χ0n) is 20.5. The first kappa shape index (κ1) is 25.8. The monoisotopic (exact) mass is 552 g/mol. The first-order valence-corrected chi connectivity index (χ1v) is 15.1. The fourth-order valence-electron chi connectivity index (χ4n) is 4.58. The predicted molar refractivity (Wildman–Crippen MR) is 152 cm³/mol. The van der Waals surface area contributed by atoms with Crippen LogP contribution in [-0.4, -0.2) is 57.3 Å². The Morgan fingerprint density at radius 1 is 1.03 bits per heavy atom. The third kappa shape index (κ3) is 5.29. The minimum atomic E-state index is -3.62. The molecule has 0 bridgehead atoms. The van der Waals surface area contributed by atoms with Crippen LogP contribution in [0.1, 0.15) is 38.2 Å². The van der Waals surface area contributed by atoms with Gasteiger partial charge < -0.3 is 0 Å². The second kappa shape index (κ2) is 10.9. The number of nitrogens with zero attached hydrogens (tertiary/aromatic N) is 4. The molecule has 5 rings (SSSR count). The molecule has 10 heteroatoms. The van der Waals surface area contributed by atoms with Crippen molar-refractivity contribution in [2.45, 2.75) is 37.5 Å². The van der Waals surface area contributed by atoms with Gasteiger partial charge in [0.25, 0.3) is 5.91 Å². The summed E-state index contributed by atoms with van der Waals surface area (Å²) in [5, 5.41) is 4.82. The van der Waals surface area contributed by atoms with Gasteiger partial charge in [-0.05, 0) is 50.1 Å². The number of aromatic nitrogens is 2. The maximum atomic E-state index is 13.5. The number of thiocarbonyl (C=S) groups is 1. The highest BCUT2D eigenvalue weighted by molar-refractivity contribution is 8.26. The normalized spacial score (nSPS) is 18.5. The highest BCUT2D eigenvalue weighted by atomic mass is 32.2. The zero-order valence-corrected chi connectivity index (χ0v) is 23.0. The average molecular weight is 553 g/mol. The Morgan fingerprint density at radius 3 is 2.43 bits per heavy atom. The number of hydrogen-bond acceptors (Lipinski definition) is 6. The number of carbonyl (C=O) groups excluding carboxylic acids is 1. The van der Waals surface area contributed by atoms with Crippen molar-refractivity contribution >= 4 is 50.3 Å². The maximum absolute atomic E-state index is 13.5. The highest BCUT2D eigenvalue weighted by Gasteiger charge is 2.31. The van der Waals surface area contributed by atoms with E-state index in [1.54, 1.807) is 38.2 Å². The molecule has 0 radical (unpaired) electrons. The smallest absolute Gasteiger partial charge is 0.266 e. The Labute approximate surface area is 227 Å². The molecule has 0 atom stereocenters. The molecule has 0 spiro atoms. The van der Waals surface area contributed by atoms with E-state index in [9.17, 15) is 13.2 Å². The number of benzene rings is 2. The summed E-state index contributed by atoms with van der Waals surface area (Å²) < 4.78 is 30.8. The summed E-state index contributed by atoms with van der Waals surface area (Å²) in [5.41, 5.74) is 2.84. The number of amides is 1.